The molecule has 2 aromatic carbocycles. The molecule has 0 bridgehead atoms. The predicted octanol–water partition coefficient (Wildman–Crippen LogP) is 4.29. The van der Waals surface area contributed by atoms with Crippen molar-refractivity contribution in [1.29, 1.82) is 0 Å². The highest BCUT2D eigenvalue weighted by Gasteiger charge is 2.28. The first kappa shape index (κ1) is 23.9. The molecule has 0 radical (unpaired) electrons. The van der Waals surface area contributed by atoms with Gasteiger partial charge in [-0.25, -0.2) is 9.50 Å². The van der Waals surface area contributed by atoms with Crippen LogP contribution in [-0.4, -0.2) is 31.5 Å². The number of nitrogens with two attached hydrogens (primary N) is 1. The van der Waals surface area contributed by atoms with E-state index in [1.807, 2.05) is 49.4 Å². The van der Waals surface area contributed by atoms with Gasteiger partial charge in [0, 0.05) is 53.8 Å². The molecule has 1 amide bonds. The van der Waals surface area contributed by atoms with Crippen LogP contribution in [0.4, 0.5) is 11.5 Å². The number of fused-ring (bicyclic) bond motifs is 2. The second-order valence-electron chi connectivity index (χ2n) is 9.20. The Bertz CT molecular complexity index is 1770. The summed E-state index contributed by atoms with van der Waals surface area (Å²) in [6.07, 6.45) is 8.94. The molecule has 1 atom stereocenters. The summed E-state index contributed by atoms with van der Waals surface area (Å²) in [7, 11) is 0. The Morgan fingerprint density at radius 2 is 1.90 bits per heavy atom. The van der Waals surface area contributed by atoms with E-state index in [4.69, 9.17) is 5.73 Å². The normalized spacial score (nSPS) is 13.2. The average Bonchev–Trinajstić information content (AvgIpc) is 3.32. The van der Waals surface area contributed by atoms with Crippen molar-refractivity contribution < 1.29 is 4.79 Å². The fraction of sp³-hybridized carbons (Fsp3) is 0.0968. The van der Waals surface area contributed by atoms with E-state index in [1.165, 1.54) is 4.52 Å². The molecule has 3 aromatic heterocycles. The summed E-state index contributed by atoms with van der Waals surface area (Å²) in [5, 5.41) is 7.34. The summed E-state index contributed by atoms with van der Waals surface area (Å²) < 4.78 is 1.51. The van der Waals surface area contributed by atoms with Gasteiger partial charge in [0.05, 0.1) is 6.04 Å². The average molecular weight is 512 g/mol. The number of pyridine rings is 1. The molecule has 4 heterocycles. The molecule has 39 heavy (non-hydrogen) atoms. The van der Waals surface area contributed by atoms with E-state index in [0.717, 1.165) is 33.6 Å². The third kappa shape index (κ3) is 4.69. The van der Waals surface area contributed by atoms with Crippen LogP contribution in [0, 0.1) is 11.8 Å². The Morgan fingerprint density at radius 3 is 2.72 bits per heavy atom. The number of hydrogen-bond acceptors (Lipinski definition) is 6. The zero-order valence-corrected chi connectivity index (χ0v) is 21.2. The molecule has 8 heteroatoms. The largest absolute Gasteiger partial charge is 0.381 e. The highest BCUT2D eigenvalue weighted by molar-refractivity contribution is 6.04. The van der Waals surface area contributed by atoms with Crippen LogP contribution in [0.1, 0.15) is 39.5 Å². The van der Waals surface area contributed by atoms with Crippen molar-refractivity contribution in [2.24, 2.45) is 0 Å². The number of nitrogen functional groups attached to an aromatic ring is 1. The quantitative estimate of drug-likeness (QED) is 0.349. The number of anilines is 2. The summed E-state index contributed by atoms with van der Waals surface area (Å²) in [6.45, 7) is 2.57. The topological polar surface area (TPSA) is 101 Å². The maximum atomic E-state index is 13.4. The van der Waals surface area contributed by atoms with Gasteiger partial charge in [-0.1, -0.05) is 42.2 Å². The second-order valence-corrected chi connectivity index (χ2v) is 9.20. The van der Waals surface area contributed by atoms with E-state index in [1.54, 1.807) is 30.9 Å². The minimum Gasteiger partial charge on any atom is -0.381 e. The Labute approximate surface area is 225 Å². The fourth-order valence-corrected chi connectivity index (χ4v) is 4.77. The molecule has 0 aliphatic carbocycles. The summed E-state index contributed by atoms with van der Waals surface area (Å²) >= 11 is 0. The molecule has 5 aromatic rings. The number of rotatable bonds is 4. The van der Waals surface area contributed by atoms with Crippen molar-refractivity contribution in [3.8, 4) is 11.8 Å². The molecule has 1 aliphatic heterocycles. The SMILES string of the molecule is CC(NC(=O)c1c(N)nn2cccnc12)C1=Cc2cccc(C#Cc3cccnc3)c2CN1c1ccccc1. The van der Waals surface area contributed by atoms with Gasteiger partial charge >= 0.3 is 0 Å². The van der Waals surface area contributed by atoms with Gasteiger partial charge in [-0.05, 0) is 60.5 Å². The Balaban J connectivity index is 1.37. The zero-order valence-electron chi connectivity index (χ0n) is 21.2. The van der Waals surface area contributed by atoms with Gasteiger partial charge in [-0.15, -0.1) is 5.10 Å². The number of carbonyl (C=O) groups excluding carboxylic acids is 1. The summed E-state index contributed by atoms with van der Waals surface area (Å²) in [6, 6.07) is 21.5. The zero-order chi connectivity index (χ0) is 26.8. The van der Waals surface area contributed by atoms with Crippen LogP contribution in [0.2, 0.25) is 0 Å². The van der Waals surface area contributed by atoms with E-state index < -0.39 is 0 Å². The molecular weight excluding hydrogens is 486 g/mol. The van der Waals surface area contributed by atoms with Crippen molar-refractivity contribution in [3.05, 3.63) is 125 Å². The molecule has 190 valence electrons. The van der Waals surface area contributed by atoms with Crippen molar-refractivity contribution in [2.45, 2.75) is 19.5 Å². The van der Waals surface area contributed by atoms with E-state index >= 15 is 0 Å². The van der Waals surface area contributed by atoms with Crippen LogP contribution in [0.3, 0.4) is 0 Å². The molecule has 0 saturated heterocycles. The van der Waals surface area contributed by atoms with Gasteiger partial charge in [0.25, 0.3) is 5.91 Å². The number of carbonyl (C=O) groups is 1. The van der Waals surface area contributed by atoms with E-state index in [2.05, 4.69) is 61.4 Å². The Hall–Kier alpha value is -5.42. The lowest BCUT2D eigenvalue weighted by atomic mass is 9.94. The standard InChI is InChI=1S/C31H25N7O/c1-21(35-31(39)28-29(32)36-38-17-7-16-34-30(28)38)27-18-24-10-5-9-23(14-13-22-8-6-15-33-19-22)26(24)20-37(27)25-11-3-2-4-12-25/h2-12,15-19,21H,20H2,1H3,(H2,32,36)(H,35,39). The van der Waals surface area contributed by atoms with Crippen LogP contribution >= 0.6 is 0 Å². The second kappa shape index (κ2) is 10.1. The maximum absolute atomic E-state index is 13.4. The van der Waals surface area contributed by atoms with Crippen LogP contribution in [0.25, 0.3) is 11.7 Å². The van der Waals surface area contributed by atoms with Gasteiger partial charge in [-0.2, -0.15) is 0 Å². The first-order chi connectivity index (χ1) is 19.1. The molecule has 0 spiro atoms. The molecule has 0 saturated carbocycles. The number of amides is 1. The number of aromatic nitrogens is 4. The first-order valence-electron chi connectivity index (χ1n) is 12.6. The minimum absolute atomic E-state index is 0.137. The van der Waals surface area contributed by atoms with Crippen LogP contribution < -0.4 is 16.0 Å². The molecular formula is C31H25N7O. The fourth-order valence-electron chi connectivity index (χ4n) is 4.77. The molecule has 1 unspecified atom stereocenters. The van der Waals surface area contributed by atoms with Gasteiger partial charge in [0.15, 0.2) is 11.5 Å². The van der Waals surface area contributed by atoms with Crippen molar-refractivity contribution in [3.63, 3.8) is 0 Å². The highest BCUT2D eigenvalue weighted by atomic mass is 16.1. The molecule has 6 rings (SSSR count). The van der Waals surface area contributed by atoms with E-state index in [-0.39, 0.29) is 23.3 Å². The van der Waals surface area contributed by atoms with Crippen LogP contribution in [0.5, 0.6) is 0 Å². The first-order valence-corrected chi connectivity index (χ1v) is 12.6. The van der Waals surface area contributed by atoms with Gasteiger partial charge < -0.3 is 16.0 Å². The Morgan fingerprint density at radius 1 is 1.03 bits per heavy atom. The molecule has 8 nitrogen and oxygen atoms in total. The van der Waals surface area contributed by atoms with E-state index in [9.17, 15) is 4.79 Å². The van der Waals surface area contributed by atoms with Crippen molar-refractivity contribution >= 4 is 29.1 Å². The monoisotopic (exact) mass is 511 g/mol. The lowest BCUT2D eigenvalue weighted by Gasteiger charge is -2.35. The smallest absolute Gasteiger partial charge is 0.259 e. The summed E-state index contributed by atoms with van der Waals surface area (Å²) in [4.78, 5) is 24.1. The van der Waals surface area contributed by atoms with Crippen LogP contribution in [-0.2, 0) is 6.54 Å². The molecule has 1 aliphatic rings. The number of nitrogens with one attached hydrogen (secondary N) is 1. The number of hydrogen-bond donors (Lipinski definition) is 2. The van der Waals surface area contributed by atoms with Gasteiger partial charge in [0.2, 0.25) is 0 Å². The van der Waals surface area contributed by atoms with Crippen molar-refractivity contribution in [1.82, 2.24) is 24.9 Å². The maximum Gasteiger partial charge on any atom is 0.259 e. The minimum atomic E-state index is -0.339. The summed E-state index contributed by atoms with van der Waals surface area (Å²) in [5.74, 6) is 6.37. The molecule has 3 N–H and O–H groups in total. The summed E-state index contributed by atoms with van der Waals surface area (Å²) in [5.41, 5.74) is 12.7. The van der Waals surface area contributed by atoms with Crippen LogP contribution in [0.15, 0.2) is 97.2 Å². The Kier molecular flexibility index (Phi) is 6.23. The predicted molar refractivity (Wildman–Crippen MR) is 152 cm³/mol. The molecule has 0 fully saturated rings. The third-order valence-corrected chi connectivity index (χ3v) is 6.66. The van der Waals surface area contributed by atoms with Crippen molar-refractivity contribution in [2.75, 3.05) is 10.6 Å². The number of nitrogens with zero attached hydrogens (tertiary/aromatic N) is 5. The van der Waals surface area contributed by atoms with Gasteiger partial charge in [0.1, 0.15) is 5.56 Å². The lowest BCUT2D eigenvalue weighted by Crippen LogP contribution is -2.41. The number of benzene rings is 2. The third-order valence-electron chi connectivity index (χ3n) is 6.66. The van der Waals surface area contributed by atoms with Gasteiger partial charge in [-0.3, -0.25) is 9.78 Å². The highest BCUT2D eigenvalue weighted by Crippen LogP contribution is 2.33. The number of para-hydroxylation sites is 1. The lowest BCUT2D eigenvalue weighted by molar-refractivity contribution is 0.0947. The van der Waals surface area contributed by atoms with E-state index in [0.29, 0.717) is 12.2 Å².